The van der Waals surface area contributed by atoms with Crippen LogP contribution in [0.3, 0.4) is 0 Å². The van der Waals surface area contributed by atoms with Crippen molar-refractivity contribution in [3.63, 3.8) is 0 Å². The Labute approximate surface area is 44.9 Å². The van der Waals surface area contributed by atoms with E-state index in [0.29, 0.717) is 0 Å². The van der Waals surface area contributed by atoms with Crippen molar-refractivity contribution in [2.75, 3.05) is 11.5 Å². The molecule has 0 aliphatic heterocycles. The van der Waals surface area contributed by atoms with E-state index in [1.807, 2.05) is 0 Å². The molecule has 0 aromatic carbocycles. The first kappa shape index (κ1) is 4.76. The Morgan fingerprint density at radius 1 is 1.50 bits per heavy atom. The lowest BCUT2D eigenvalue weighted by Gasteiger charge is -1.80. The number of hydrogen-bond acceptors (Lipinski definition) is 5. The predicted octanol–water partition coefficient (Wildman–Crippen LogP) is -0.455. The van der Waals surface area contributed by atoms with Gasteiger partial charge in [-0.15, -0.1) is 0 Å². The van der Waals surface area contributed by atoms with E-state index in [2.05, 4.69) is 9.68 Å². The van der Waals surface area contributed by atoms with Crippen LogP contribution in [0.15, 0.2) is 4.52 Å². The fraction of sp³-hybridized carbons (Fsp3) is 0. The Hall–Kier alpha value is -1.39. The quantitative estimate of drug-likeness (QED) is 0.425. The first-order valence-corrected chi connectivity index (χ1v) is 1.91. The lowest BCUT2D eigenvalue weighted by Crippen LogP contribution is -1.83. The Morgan fingerprint density at radius 2 is 2.12 bits per heavy atom. The van der Waals surface area contributed by atoms with Crippen LogP contribution in [0, 0.1) is 0 Å². The Bertz CT molecular complexity index is 175. The normalized spacial score (nSPS) is 9.50. The van der Waals surface area contributed by atoms with Crippen LogP contribution in [0.2, 0.25) is 0 Å². The molecule has 0 radical (unpaired) electrons. The highest BCUT2D eigenvalue weighted by atomic mass is 16.5. The summed E-state index contributed by atoms with van der Waals surface area (Å²) in [6.07, 6.45) is 0. The molecule has 0 aliphatic carbocycles. The van der Waals surface area contributed by atoms with Crippen LogP contribution in [0.4, 0.5) is 11.7 Å². The third-order valence-electron chi connectivity index (χ3n) is 0.718. The van der Waals surface area contributed by atoms with E-state index in [9.17, 15) is 0 Å². The van der Waals surface area contributed by atoms with Crippen molar-refractivity contribution >= 4 is 11.7 Å². The van der Waals surface area contributed by atoms with Gasteiger partial charge in [-0.1, -0.05) is 5.16 Å². The van der Waals surface area contributed by atoms with Crippen LogP contribution in [0.1, 0.15) is 0 Å². The van der Waals surface area contributed by atoms with Gasteiger partial charge >= 0.3 is 0 Å². The zero-order valence-electron chi connectivity index (χ0n) is 3.96. The molecule has 1 aromatic heterocycles. The molecule has 0 amide bonds. The maximum atomic E-state index is 8.64. The van der Waals surface area contributed by atoms with Gasteiger partial charge in [0, 0.05) is 0 Å². The summed E-state index contributed by atoms with van der Waals surface area (Å²) in [7, 11) is 0. The van der Waals surface area contributed by atoms with E-state index >= 15 is 0 Å². The number of aromatic hydroxyl groups is 1. The van der Waals surface area contributed by atoms with E-state index in [4.69, 9.17) is 16.6 Å². The summed E-state index contributed by atoms with van der Waals surface area (Å²) in [4.78, 5) is 0. The van der Waals surface area contributed by atoms with Crippen molar-refractivity contribution in [2.45, 2.75) is 0 Å². The second kappa shape index (κ2) is 1.29. The van der Waals surface area contributed by atoms with Crippen molar-refractivity contribution in [1.29, 1.82) is 0 Å². The summed E-state index contributed by atoms with van der Waals surface area (Å²) in [6, 6.07) is 0. The molecule has 0 saturated heterocycles. The third-order valence-corrected chi connectivity index (χ3v) is 0.718. The molecule has 0 bridgehead atoms. The van der Waals surface area contributed by atoms with Gasteiger partial charge < -0.3 is 21.1 Å². The number of aromatic nitrogens is 1. The molecule has 0 aliphatic rings. The number of nitrogen functional groups attached to an aromatic ring is 2. The van der Waals surface area contributed by atoms with Crippen molar-refractivity contribution in [1.82, 2.24) is 5.16 Å². The number of anilines is 2. The summed E-state index contributed by atoms with van der Waals surface area (Å²) in [5.74, 6) is -0.519. The summed E-state index contributed by atoms with van der Waals surface area (Å²) < 4.78 is 4.25. The SMILES string of the molecule is Nc1noc(N)c1O. The van der Waals surface area contributed by atoms with Crippen LogP contribution in [-0.2, 0) is 0 Å². The first-order valence-electron chi connectivity index (χ1n) is 1.91. The number of nitrogens with zero attached hydrogens (tertiary/aromatic N) is 1. The molecule has 44 valence electrons. The number of rotatable bonds is 0. The third kappa shape index (κ3) is 0.446. The number of nitrogens with two attached hydrogens (primary N) is 2. The number of hydrogen-bond donors (Lipinski definition) is 3. The molecular weight excluding hydrogens is 110 g/mol. The van der Waals surface area contributed by atoms with Gasteiger partial charge in [-0.25, -0.2) is 0 Å². The first-order chi connectivity index (χ1) is 3.72. The van der Waals surface area contributed by atoms with Gasteiger partial charge in [0.25, 0.3) is 5.88 Å². The van der Waals surface area contributed by atoms with Crippen molar-refractivity contribution < 1.29 is 9.63 Å². The van der Waals surface area contributed by atoms with E-state index in [-0.39, 0.29) is 17.5 Å². The van der Waals surface area contributed by atoms with E-state index in [1.165, 1.54) is 0 Å². The highest BCUT2D eigenvalue weighted by Gasteiger charge is 2.05. The summed E-state index contributed by atoms with van der Waals surface area (Å²) in [5, 5.41) is 11.8. The average molecular weight is 115 g/mol. The van der Waals surface area contributed by atoms with Gasteiger partial charge in [0.1, 0.15) is 0 Å². The highest BCUT2D eigenvalue weighted by Crippen LogP contribution is 2.24. The Morgan fingerprint density at radius 3 is 2.25 bits per heavy atom. The summed E-state index contributed by atoms with van der Waals surface area (Å²) in [6.45, 7) is 0. The zero-order chi connectivity index (χ0) is 6.15. The van der Waals surface area contributed by atoms with Crippen molar-refractivity contribution in [3.8, 4) is 5.75 Å². The second-order valence-electron chi connectivity index (χ2n) is 1.28. The van der Waals surface area contributed by atoms with E-state index in [1.54, 1.807) is 0 Å². The second-order valence-corrected chi connectivity index (χ2v) is 1.28. The summed E-state index contributed by atoms with van der Waals surface area (Å²) in [5.41, 5.74) is 9.99. The minimum atomic E-state index is -0.287. The van der Waals surface area contributed by atoms with Crippen LogP contribution in [0.25, 0.3) is 0 Å². The van der Waals surface area contributed by atoms with E-state index in [0.717, 1.165) is 0 Å². The smallest absolute Gasteiger partial charge is 0.266 e. The molecule has 5 nitrogen and oxygen atoms in total. The van der Waals surface area contributed by atoms with Crippen LogP contribution >= 0.6 is 0 Å². The minimum Gasteiger partial charge on any atom is -0.500 e. The van der Waals surface area contributed by atoms with Crippen molar-refractivity contribution in [3.05, 3.63) is 0 Å². The predicted molar refractivity (Wildman–Crippen MR) is 27.0 cm³/mol. The molecule has 0 saturated carbocycles. The van der Waals surface area contributed by atoms with Gasteiger partial charge in [0.15, 0.2) is 0 Å². The average Bonchev–Trinajstić information content (AvgIpc) is 1.98. The molecular formula is C3H5N3O2. The molecule has 0 fully saturated rings. The Balaban J connectivity index is 3.19. The highest BCUT2D eigenvalue weighted by molar-refractivity contribution is 5.55. The zero-order valence-corrected chi connectivity index (χ0v) is 3.96. The lowest BCUT2D eigenvalue weighted by molar-refractivity contribution is 0.427. The fourth-order valence-corrected chi connectivity index (χ4v) is 0.311. The summed E-state index contributed by atoms with van der Waals surface area (Å²) >= 11 is 0. The minimum absolute atomic E-state index is 0.0810. The molecule has 1 rings (SSSR count). The Kier molecular flexibility index (Phi) is 0.768. The lowest BCUT2D eigenvalue weighted by atomic mass is 10.5. The van der Waals surface area contributed by atoms with Crippen LogP contribution < -0.4 is 11.5 Å². The van der Waals surface area contributed by atoms with Gasteiger partial charge in [0.05, 0.1) is 0 Å². The molecule has 1 aromatic rings. The fourth-order valence-electron chi connectivity index (χ4n) is 0.311. The maximum absolute atomic E-state index is 8.64. The maximum Gasteiger partial charge on any atom is 0.266 e. The van der Waals surface area contributed by atoms with E-state index < -0.39 is 0 Å². The molecule has 5 heteroatoms. The van der Waals surface area contributed by atoms with Crippen LogP contribution in [-0.4, -0.2) is 10.3 Å². The largest absolute Gasteiger partial charge is 0.500 e. The van der Waals surface area contributed by atoms with Gasteiger partial charge in [-0.05, 0) is 0 Å². The molecule has 0 unspecified atom stereocenters. The van der Waals surface area contributed by atoms with Gasteiger partial charge in [-0.3, -0.25) is 0 Å². The topological polar surface area (TPSA) is 98.3 Å². The van der Waals surface area contributed by atoms with Crippen LogP contribution in [0.5, 0.6) is 5.75 Å². The molecule has 0 atom stereocenters. The standard InChI is InChI=1S/C3H5N3O2/c4-2-1(7)3(5)8-6-2/h7H,5H2,(H2,4,6). The van der Waals surface area contributed by atoms with Gasteiger partial charge in [0.2, 0.25) is 11.6 Å². The van der Waals surface area contributed by atoms with Crippen molar-refractivity contribution in [2.24, 2.45) is 0 Å². The molecule has 8 heavy (non-hydrogen) atoms. The monoisotopic (exact) mass is 115 g/mol. The molecule has 5 N–H and O–H groups in total. The molecule has 1 heterocycles. The van der Waals surface area contributed by atoms with Gasteiger partial charge in [-0.2, -0.15) is 0 Å². The molecule has 0 spiro atoms.